The second kappa shape index (κ2) is 6.13. The van der Waals surface area contributed by atoms with Crippen LogP contribution in [0.3, 0.4) is 0 Å². The van der Waals surface area contributed by atoms with Crippen LogP contribution in [-0.4, -0.2) is 20.0 Å². The van der Waals surface area contributed by atoms with Crippen molar-refractivity contribution in [2.24, 2.45) is 0 Å². The first-order valence-corrected chi connectivity index (χ1v) is 9.25. The number of hydrogen-bond acceptors (Lipinski definition) is 5. The van der Waals surface area contributed by atoms with Crippen LogP contribution in [0.4, 0.5) is 5.82 Å². The molecule has 0 radical (unpaired) electrons. The summed E-state index contributed by atoms with van der Waals surface area (Å²) in [6.45, 7) is 6.03. The highest BCUT2D eigenvalue weighted by molar-refractivity contribution is 9.10. The first-order valence-electron chi connectivity index (χ1n) is 8.45. The Labute approximate surface area is 163 Å². The zero-order valence-corrected chi connectivity index (χ0v) is 16.7. The molecule has 0 aliphatic heterocycles. The lowest BCUT2D eigenvalue weighted by molar-refractivity contribution is 0.471. The number of para-hydroxylation sites is 1. The van der Waals surface area contributed by atoms with E-state index in [9.17, 15) is 9.90 Å². The minimum absolute atomic E-state index is 0.0419. The number of halogens is 1. The van der Waals surface area contributed by atoms with Crippen LogP contribution in [0.1, 0.15) is 20.8 Å². The van der Waals surface area contributed by atoms with Crippen molar-refractivity contribution in [2.75, 3.05) is 5.32 Å². The Hall–Kier alpha value is -2.80. The van der Waals surface area contributed by atoms with Crippen molar-refractivity contribution in [3.8, 4) is 17.0 Å². The average Bonchev–Trinajstić information content (AvgIpc) is 2.91. The van der Waals surface area contributed by atoms with Crippen LogP contribution >= 0.6 is 15.9 Å². The summed E-state index contributed by atoms with van der Waals surface area (Å²) in [5, 5.41) is 14.7. The van der Waals surface area contributed by atoms with Crippen molar-refractivity contribution in [3.63, 3.8) is 0 Å². The molecule has 0 amide bonds. The molecule has 27 heavy (non-hydrogen) atoms. The van der Waals surface area contributed by atoms with Crippen molar-refractivity contribution in [2.45, 2.75) is 26.3 Å². The lowest BCUT2D eigenvalue weighted by atomic mass is 10.1. The second-order valence-electron chi connectivity index (χ2n) is 7.37. The number of pyridine rings is 1. The van der Waals surface area contributed by atoms with Gasteiger partial charge in [0, 0.05) is 16.2 Å². The van der Waals surface area contributed by atoms with E-state index in [-0.39, 0.29) is 16.9 Å². The summed E-state index contributed by atoms with van der Waals surface area (Å²) in [5.74, 6) is 0.470. The van der Waals surface area contributed by atoms with Gasteiger partial charge in [-0.05, 0) is 61.0 Å². The maximum Gasteiger partial charge on any atom is 0.349 e. The van der Waals surface area contributed by atoms with Crippen LogP contribution in [-0.2, 0) is 0 Å². The molecule has 4 rings (SSSR count). The molecular weight excluding hydrogens is 410 g/mol. The van der Waals surface area contributed by atoms with Crippen LogP contribution in [0.2, 0.25) is 0 Å². The third-order valence-electron chi connectivity index (χ3n) is 4.10. The van der Waals surface area contributed by atoms with Crippen molar-refractivity contribution >= 4 is 38.4 Å². The van der Waals surface area contributed by atoms with Gasteiger partial charge in [0.1, 0.15) is 34.1 Å². The summed E-state index contributed by atoms with van der Waals surface area (Å²) in [7, 11) is 0. The van der Waals surface area contributed by atoms with Crippen molar-refractivity contribution in [1.82, 2.24) is 9.38 Å². The Morgan fingerprint density at radius 3 is 2.67 bits per heavy atom. The molecule has 0 aliphatic rings. The van der Waals surface area contributed by atoms with Gasteiger partial charge < -0.3 is 14.8 Å². The van der Waals surface area contributed by atoms with Gasteiger partial charge in [0.05, 0.1) is 5.39 Å². The van der Waals surface area contributed by atoms with E-state index < -0.39 is 5.63 Å². The molecule has 0 atom stereocenters. The number of rotatable bonds is 2. The van der Waals surface area contributed by atoms with E-state index in [1.54, 1.807) is 24.3 Å². The molecule has 1 aromatic carbocycles. The fourth-order valence-corrected chi connectivity index (χ4v) is 3.35. The maximum atomic E-state index is 12.7. The first kappa shape index (κ1) is 17.6. The zero-order chi connectivity index (χ0) is 19.3. The first-order chi connectivity index (χ1) is 12.7. The van der Waals surface area contributed by atoms with Gasteiger partial charge in [0.25, 0.3) is 0 Å². The largest absolute Gasteiger partial charge is 0.506 e. The lowest BCUT2D eigenvalue weighted by Gasteiger charge is -2.22. The maximum absolute atomic E-state index is 12.7. The molecule has 0 saturated carbocycles. The third-order valence-corrected chi connectivity index (χ3v) is 4.57. The molecular formula is C20H18BrN3O3. The average molecular weight is 428 g/mol. The van der Waals surface area contributed by atoms with Gasteiger partial charge in [-0.1, -0.05) is 12.1 Å². The standard InChI is InChI=1S/C20H18BrN3O3/c1-20(2,3)23-18-16(22-14-9-8-11(21)10-24(14)18)15-17(25)12-6-4-5-7-13(12)27-19(15)26/h4-10,23,25H,1-3H3. The molecule has 138 valence electrons. The van der Waals surface area contributed by atoms with E-state index in [4.69, 9.17) is 4.42 Å². The summed E-state index contributed by atoms with van der Waals surface area (Å²) < 4.78 is 8.14. The normalized spacial score (nSPS) is 12.0. The zero-order valence-electron chi connectivity index (χ0n) is 15.1. The van der Waals surface area contributed by atoms with Crippen LogP contribution in [0.15, 0.2) is 56.3 Å². The summed E-state index contributed by atoms with van der Waals surface area (Å²) in [6, 6.07) is 10.6. The molecule has 3 aromatic heterocycles. The minimum Gasteiger partial charge on any atom is -0.506 e. The van der Waals surface area contributed by atoms with E-state index in [0.29, 0.717) is 28.1 Å². The summed E-state index contributed by atoms with van der Waals surface area (Å²) in [6.07, 6.45) is 1.86. The number of aromatic hydroxyl groups is 1. The molecule has 4 aromatic rings. The molecule has 2 N–H and O–H groups in total. The van der Waals surface area contributed by atoms with Gasteiger partial charge in [-0.3, -0.25) is 4.40 Å². The Morgan fingerprint density at radius 1 is 1.19 bits per heavy atom. The minimum atomic E-state index is -0.634. The predicted molar refractivity (Wildman–Crippen MR) is 109 cm³/mol. The molecule has 0 unspecified atom stereocenters. The molecule has 0 fully saturated rings. The van der Waals surface area contributed by atoms with Gasteiger partial charge in [0.2, 0.25) is 0 Å². The van der Waals surface area contributed by atoms with Gasteiger partial charge in [-0.15, -0.1) is 0 Å². The highest BCUT2D eigenvalue weighted by Crippen LogP contribution is 2.37. The van der Waals surface area contributed by atoms with Crippen molar-refractivity contribution in [1.29, 1.82) is 0 Å². The van der Waals surface area contributed by atoms with Gasteiger partial charge in [0.15, 0.2) is 0 Å². The van der Waals surface area contributed by atoms with Crippen LogP contribution in [0, 0.1) is 0 Å². The number of hydrogen-bond donors (Lipinski definition) is 2. The SMILES string of the molecule is CC(C)(C)Nc1c(-c2c(O)c3ccccc3oc2=O)nc2ccc(Br)cn12. The number of nitrogens with one attached hydrogen (secondary N) is 1. The van der Waals surface area contributed by atoms with Gasteiger partial charge >= 0.3 is 5.63 Å². The molecule has 0 aliphatic carbocycles. The Balaban J connectivity index is 2.09. The van der Waals surface area contributed by atoms with E-state index in [1.807, 2.05) is 43.5 Å². The summed E-state index contributed by atoms with van der Waals surface area (Å²) in [5.41, 5.74) is 0.443. The highest BCUT2D eigenvalue weighted by atomic mass is 79.9. The van der Waals surface area contributed by atoms with Crippen molar-refractivity contribution in [3.05, 3.63) is 57.5 Å². The van der Waals surface area contributed by atoms with Crippen LogP contribution < -0.4 is 10.9 Å². The van der Waals surface area contributed by atoms with Gasteiger partial charge in [-0.2, -0.15) is 0 Å². The summed E-state index contributed by atoms with van der Waals surface area (Å²) in [4.78, 5) is 17.3. The quantitative estimate of drug-likeness (QED) is 0.449. The number of anilines is 1. The fourth-order valence-electron chi connectivity index (χ4n) is 3.01. The molecule has 3 heterocycles. The number of benzene rings is 1. The summed E-state index contributed by atoms with van der Waals surface area (Å²) >= 11 is 3.47. The number of nitrogens with zero attached hydrogens (tertiary/aromatic N) is 2. The highest BCUT2D eigenvalue weighted by Gasteiger charge is 2.25. The molecule has 0 spiro atoms. The number of aromatic nitrogens is 2. The second-order valence-corrected chi connectivity index (χ2v) is 8.28. The van der Waals surface area contributed by atoms with Crippen molar-refractivity contribution < 1.29 is 9.52 Å². The third kappa shape index (κ3) is 3.08. The Bertz CT molecular complexity index is 1240. The predicted octanol–water partition coefficient (Wildman–Crippen LogP) is 4.79. The number of fused-ring (bicyclic) bond motifs is 2. The molecule has 0 bridgehead atoms. The smallest absolute Gasteiger partial charge is 0.349 e. The van der Waals surface area contributed by atoms with Gasteiger partial charge in [-0.25, -0.2) is 9.78 Å². The van der Waals surface area contributed by atoms with Crippen LogP contribution in [0.25, 0.3) is 27.9 Å². The van der Waals surface area contributed by atoms with E-state index in [0.717, 1.165) is 4.47 Å². The molecule has 6 nitrogen and oxygen atoms in total. The Kier molecular flexibility index (Phi) is 3.99. The molecule has 0 saturated heterocycles. The fraction of sp³-hybridized carbons (Fsp3) is 0.200. The molecule has 7 heteroatoms. The topological polar surface area (TPSA) is 79.8 Å². The number of imidazole rings is 1. The van der Waals surface area contributed by atoms with E-state index >= 15 is 0 Å². The van der Waals surface area contributed by atoms with E-state index in [2.05, 4.69) is 26.2 Å². The lowest BCUT2D eigenvalue weighted by Crippen LogP contribution is -2.27. The van der Waals surface area contributed by atoms with E-state index in [1.165, 1.54) is 0 Å². The Morgan fingerprint density at radius 2 is 1.93 bits per heavy atom. The monoisotopic (exact) mass is 427 g/mol. The van der Waals surface area contributed by atoms with Crippen LogP contribution in [0.5, 0.6) is 5.75 Å².